The third-order valence-corrected chi connectivity index (χ3v) is 2.59. The summed E-state index contributed by atoms with van der Waals surface area (Å²) in [5.74, 6) is 2.91. The smallest absolute Gasteiger partial charge is 0.197 e. The Kier molecular flexibility index (Phi) is 4.52. The van der Waals surface area contributed by atoms with Crippen molar-refractivity contribution in [3.63, 3.8) is 0 Å². The number of rotatable bonds is 6. The molecule has 0 aliphatic rings. The van der Waals surface area contributed by atoms with Gasteiger partial charge in [-0.1, -0.05) is 6.92 Å². The van der Waals surface area contributed by atoms with Crippen LogP contribution in [-0.4, -0.2) is 23.6 Å². The monoisotopic (exact) mass is 261 g/mol. The van der Waals surface area contributed by atoms with Crippen molar-refractivity contribution in [3.8, 4) is 11.6 Å². The molecule has 0 saturated heterocycles. The SMILES string of the molecule is CCCNc1cc(COC)nc(-c2ccc(C)o2)n1. The van der Waals surface area contributed by atoms with Crippen LogP contribution in [0.15, 0.2) is 22.6 Å². The van der Waals surface area contributed by atoms with E-state index in [-0.39, 0.29) is 0 Å². The lowest BCUT2D eigenvalue weighted by atomic mass is 10.3. The lowest BCUT2D eigenvalue weighted by molar-refractivity contribution is 0.181. The molecule has 2 aromatic heterocycles. The number of nitrogens with zero attached hydrogens (tertiary/aromatic N) is 2. The fraction of sp³-hybridized carbons (Fsp3) is 0.429. The van der Waals surface area contributed by atoms with E-state index < -0.39 is 0 Å². The molecule has 0 atom stereocenters. The van der Waals surface area contributed by atoms with E-state index in [4.69, 9.17) is 9.15 Å². The Labute approximate surface area is 113 Å². The van der Waals surface area contributed by atoms with Gasteiger partial charge < -0.3 is 14.5 Å². The highest BCUT2D eigenvalue weighted by molar-refractivity contribution is 5.51. The number of hydrogen-bond acceptors (Lipinski definition) is 5. The third kappa shape index (κ3) is 3.54. The molecule has 102 valence electrons. The van der Waals surface area contributed by atoms with E-state index in [0.29, 0.717) is 18.2 Å². The van der Waals surface area contributed by atoms with Crippen LogP contribution in [0.4, 0.5) is 5.82 Å². The number of aryl methyl sites for hydroxylation is 1. The highest BCUT2D eigenvalue weighted by Gasteiger charge is 2.10. The van der Waals surface area contributed by atoms with Crippen molar-refractivity contribution in [1.29, 1.82) is 0 Å². The topological polar surface area (TPSA) is 60.2 Å². The Morgan fingerprint density at radius 3 is 2.79 bits per heavy atom. The number of anilines is 1. The zero-order valence-electron chi connectivity index (χ0n) is 11.6. The first-order chi connectivity index (χ1) is 9.22. The summed E-state index contributed by atoms with van der Waals surface area (Å²) in [4.78, 5) is 8.91. The predicted octanol–water partition coefficient (Wildman–Crippen LogP) is 3.01. The maximum Gasteiger partial charge on any atom is 0.197 e. The summed E-state index contributed by atoms with van der Waals surface area (Å²) < 4.78 is 10.7. The molecular weight excluding hydrogens is 242 g/mol. The van der Waals surface area contributed by atoms with Gasteiger partial charge in [-0.15, -0.1) is 0 Å². The van der Waals surface area contributed by atoms with Gasteiger partial charge >= 0.3 is 0 Å². The van der Waals surface area contributed by atoms with Gasteiger partial charge in [-0.25, -0.2) is 9.97 Å². The highest BCUT2D eigenvalue weighted by atomic mass is 16.5. The Balaban J connectivity index is 2.33. The third-order valence-electron chi connectivity index (χ3n) is 2.59. The van der Waals surface area contributed by atoms with Crippen LogP contribution >= 0.6 is 0 Å². The first-order valence-electron chi connectivity index (χ1n) is 6.40. The van der Waals surface area contributed by atoms with E-state index in [1.807, 2.05) is 25.1 Å². The summed E-state index contributed by atoms with van der Waals surface area (Å²) in [6.45, 7) is 5.34. The number of nitrogens with one attached hydrogen (secondary N) is 1. The van der Waals surface area contributed by atoms with E-state index in [9.17, 15) is 0 Å². The van der Waals surface area contributed by atoms with E-state index in [0.717, 1.165) is 30.2 Å². The summed E-state index contributed by atoms with van der Waals surface area (Å²) in [6, 6.07) is 5.68. The second-order valence-electron chi connectivity index (χ2n) is 4.34. The van der Waals surface area contributed by atoms with Crippen molar-refractivity contribution in [2.45, 2.75) is 26.9 Å². The number of furan rings is 1. The van der Waals surface area contributed by atoms with Crippen LogP contribution in [0.2, 0.25) is 0 Å². The van der Waals surface area contributed by atoms with Crippen LogP contribution in [0.5, 0.6) is 0 Å². The van der Waals surface area contributed by atoms with Gasteiger partial charge in [-0.3, -0.25) is 0 Å². The Morgan fingerprint density at radius 2 is 2.16 bits per heavy atom. The molecule has 2 heterocycles. The largest absolute Gasteiger partial charge is 0.458 e. The van der Waals surface area contributed by atoms with Crippen molar-refractivity contribution in [1.82, 2.24) is 9.97 Å². The van der Waals surface area contributed by atoms with Gasteiger partial charge in [0.25, 0.3) is 0 Å². The molecule has 19 heavy (non-hydrogen) atoms. The fourth-order valence-corrected chi connectivity index (χ4v) is 1.73. The molecule has 0 aliphatic carbocycles. The van der Waals surface area contributed by atoms with Crippen molar-refractivity contribution >= 4 is 5.82 Å². The lowest BCUT2D eigenvalue weighted by Gasteiger charge is -2.08. The average Bonchev–Trinajstić information content (AvgIpc) is 2.83. The highest BCUT2D eigenvalue weighted by Crippen LogP contribution is 2.20. The van der Waals surface area contributed by atoms with Crippen LogP contribution in [-0.2, 0) is 11.3 Å². The zero-order valence-corrected chi connectivity index (χ0v) is 11.6. The van der Waals surface area contributed by atoms with Gasteiger partial charge in [0.1, 0.15) is 11.6 Å². The molecule has 1 N–H and O–H groups in total. The van der Waals surface area contributed by atoms with E-state index in [1.165, 1.54) is 0 Å². The molecule has 0 amide bonds. The Hall–Kier alpha value is -1.88. The molecule has 2 rings (SSSR count). The van der Waals surface area contributed by atoms with Gasteiger partial charge in [0.05, 0.1) is 12.3 Å². The first kappa shape index (κ1) is 13.5. The maximum atomic E-state index is 5.57. The summed E-state index contributed by atoms with van der Waals surface area (Å²) in [7, 11) is 1.65. The number of ether oxygens (including phenoxy) is 1. The van der Waals surface area contributed by atoms with Crippen molar-refractivity contribution < 1.29 is 9.15 Å². The minimum atomic E-state index is 0.454. The Bertz CT molecular complexity index is 537. The van der Waals surface area contributed by atoms with E-state index in [2.05, 4.69) is 22.2 Å². The molecule has 0 unspecified atom stereocenters. The minimum Gasteiger partial charge on any atom is -0.458 e. The van der Waals surface area contributed by atoms with E-state index in [1.54, 1.807) is 7.11 Å². The normalized spacial score (nSPS) is 10.7. The summed E-state index contributed by atoms with van der Waals surface area (Å²) in [5.41, 5.74) is 0.833. The molecule has 0 aromatic carbocycles. The number of methoxy groups -OCH3 is 1. The van der Waals surface area contributed by atoms with Crippen molar-refractivity contribution in [2.24, 2.45) is 0 Å². The van der Waals surface area contributed by atoms with Crippen LogP contribution < -0.4 is 5.32 Å². The average molecular weight is 261 g/mol. The van der Waals surface area contributed by atoms with Crippen LogP contribution in [0.1, 0.15) is 24.8 Å². The van der Waals surface area contributed by atoms with Gasteiger partial charge in [-0.05, 0) is 25.5 Å². The molecule has 2 aromatic rings. The molecule has 0 aliphatic heterocycles. The molecule has 0 saturated carbocycles. The van der Waals surface area contributed by atoms with E-state index >= 15 is 0 Å². The first-order valence-corrected chi connectivity index (χ1v) is 6.40. The molecule has 0 fully saturated rings. The fourth-order valence-electron chi connectivity index (χ4n) is 1.73. The summed E-state index contributed by atoms with van der Waals surface area (Å²) in [6.07, 6.45) is 1.04. The second-order valence-corrected chi connectivity index (χ2v) is 4.34. The van der Waals surface area contributed by atoms with Crippen molar-refractivity contribution in [3.05, 3.63) is 29.7 Å². The zero-order chi connectivity index (χ0) is 13.7. The standard InChI is InChI=1S/C14H19N3O2/c1-4-7-15-13-8-11(9-18-3)16-14(17-13)12-6-5-10(2)19-12/h5-6,8H,4,7,9H2,1-3H3,(H,15,16,17). The quantitative estimate of drug-likeness (QED) is 0.866. The minimum absolute atomic E-state index is 0.454. The van der Waals surface area contributed by atoms with Crippen LogP contribution in [0.25, 0.3) is 11.6 Å². The predicted molar refractivity (Wildman–Crippen MR) is 74.0 cm³/mol. The molecule has 0 radical (unpaired) electrons. The summed E-state index contributed by atoms with van der Waals surface area (Å²) >= 11 is 0. The molecule has 5 heteroatoms. The lowest BCUT2D eigenvalue weighted by Crippen LogP contribution is -2.05. The van der Waals surface area contributed by atoms with Gasteiger partial charge in [0, 0.05) is 19.7 Å². The van der Waals surface area contributed by atoms with Crippen molar-refractivity contribution in [2.75, 3.05) is 19.0 Å². The molecule has 0 spiro atoms. The number of aromatic nitrogens is 2. The van der Waals surface area contributed by atoms with Gasteiger partial charge in [0.15, 0.2) is 11.6 Å². The summed E-state index contributed by atoms with van der Waals surface area (Å²) in [5, 5.41) is 3.26. The van der Waals surface area contributed by atoms with Gasteiger partial charge in [-0.2, -0.15) is 0 Å². The number of hydrogen-bond donors (Lipinski definition) is 1. The van der Waals surface area contributed by atoms with Crippen LogP contribution in [0.3, 0.4) is 0 Å². The van der Waals surface area contributed by atoms with Crippen LogP contribution in [0, 0.1) is 6.92 Å². The second kappa shape index (κ2) is 6.33. The molecule has 0 bridgehead atoms. The molecular formula is C14H19N3O2. The maximum absolute atomic E-state index is 5.57. The van der Waals surface area contributed by atoms with Gasteiger partial charge in [0.2, 0.25) is 0 Å². The molecule has 5 nitrogen and oxygen atoms in total. The Morgan fingerprint density at radius 1 is 1.32 bits per heavy atom.